The van der Waals surface area contributed by atoms with E-state index in [4.69, 9.17) is 0 Å². The van der Waals surface area contributed by atoms with Crippen molar-refractivity contribution in [3.05, 3.63) is 101 Å². The van der Waals surface area contributed by atoms with Crippen LogP contribution in [0.4, 0.5) is 28.9 Å². The lowest BCUT2D eigenvalue weighted by Crippen LogP contribution is -2.32. The zero-order valence-corrected chi connectivity index (χ0v) is 19.5. The molecule has 1 aliphatic heterocycles. The first-order chi connectivity index (χ1) is 17.6. The van der Waals surface area contributed by atoms with Crippen molar-refractivity contribution in [3.63, 3.8) is 0 Å². The van der Waals surface area contributed by atoms with E-state index in [2.05, 4.69) is 10.4 Å². The van der Waals surface area contributed by atoms with Gasteiger partial charge < -0.3 is 10.2 Å². The largest absolute Gasteiger partial charge is 0.417 e. The highest BCUT2D eigenvalue weighted by Gasteiger charge is 2.35. The van der Waals surface area contributed by atoms with Gasteiger partial charge in [0.05, 0.1) is 22.5 Å². The average Bonchev–Trinajstić information content (AvgIpc) is 3.17. The minimum Gasteiger partial charge on any atom is -0.322 e. The summed E-state index contributed by atoms with van der Waals surface area (Å²) in [4.78, 5) is 27.6. The highest BCUT2D eigenvalue weighted by molar-refractivity contribution is 6.09. The lowest BCUT2D eigenvalue weighted by molar-refractivity contribution is -0.138. The zero-order valence-electron chi connectivity index (χ0n) is 19.5. The van der Waals surface area contributed by atoms with Gasteiger partial charge in [0.25, 0.3) is 11.8 Å². The summed E-state index contributed by atoms with van der Waals surface area (Å²) in [6.45, 7) is 0.428. The number of aryl methyl sites for hydroxylation is 1. The van der Waals surface area contributed by atoms with Crippen molar-refractivity contribution in [1.82, 2.24) is 9.78 Å². The van der Waals surface area contributed by atoms with Crippen LogP contribution in [-0.4, -0.2) is 28.1 Å². The second-order valence-electron chi connectivity index (χ2n) is 8.62. The lowest BCUT2D eigenvalue weighted by Gasteiger charge is -2.23. The fourth-order valence-corrected chi connectivity index (χ4v) is 4.42. The molecule has 0 radical (unpaired) electrons. The van der Waals surface area contributed by atoms with E-state index in [1.165, 1.54) is 24.3 Å². The van der Waals surface area contributed by atoms with Crippen LogP contribution in [0.2, 0.25) is 0 Å². The molecule has 37 heavy (non-hydrogen) atoms. The Balaban J connectivity index is 1.38. The molecule has 4 aromatic rings. The third-order valence-corrected chi connectivity index (χ3v) is 6.13. The number of halogens is 4. The molecular weight excluding hydrogens is 488 g/mol. The van der Waals surface area contributed by atoms with Crippen LogP contribution in [0.25, 0.3) is 11.3 Å². The van der Waals surface area contributed by atoms with Gasteiger partial charge in [-0.15, -0.1) is 0 Å². The summed E-state index contributed by atoms with van der Waals surface area (Å²) < 4.78 is 54.9. The summed E-state index contributed by atoms with van der Waals surface area (Å²) in [7, 11) is 1.85. The number of anilines is 2. The maximum absolute atomic E-state index is 13.4. The van der Waals surface area contributed by atoms with Gasteiger partial charge in [-0.1, -0.05) is 18.2 Å². The Morgan fingerprint density at radius 2 is 1.73 bits per heavy atom. The molecule has 0 spiro atoms. The Bertz CT molecular complexity index is 1510. The second kappa shape index (κ2) is 9.20. The summed E-state index contributed by atoms with van der Waals surface area (Å²) in [5, 5.41) is 6.93. The van der Waals surface area contributed by atoms with E-state index < -0.39 is 29.0 Å². The van der Waals surface area contributed by atoms with Gasteiger partial charge in [-0.3, -0.25) is 14.3 Å². The number of carbonyl (C=O) groups excluding carboxylic acids is 2. The van der Waals surface area contributed by atoms with Crippen LogP contribution in [-0.2, 0) is 19.6 Å². The molecule has 0 unspecified atom stereocenters. The predicted octanol–water partition coefficient (Wildman–Crippen LogP) is 5.70. The number of benzene rings is 3. The number of amides is 2. The van der Waals surface area contributed by atoms with E-state index in [-0.39, 0.29) is 17.7 Å². The van der Waals surface area contributed by atoms with Crippen LogP contribution >= 0.6 is 0 Å². The van der Waals surface area contributed by atoms with Crippen molar-refractivity contribution in [1.29, 1.82) is 0 Å². The Labute approximate surface area is 209 Å². The molecule has 10 heteroatoms. The van der Waals surface area contributed by atoms with E-state index in [1.807, 2.05) is 37.5 Å². The molecule has 0 saturated heterocycles. The maximum atomic E-state index is 13.4. The highest BCUT2D eigenvalue weighted by atomic mass is 19.4. The number of rotatable bonds is 3. The van der Waals surface area contributed by atoms with Gasteiger partial charge >= 0.3 is 6.18 Å². The number of nitrogens with zero attached hydrogens (tertiary/aromatic N) is 3. The van der Waals surface area contributed by atoms with Gasteiger partial charge in [0, 0.05) is 36.6 Å². The lowest BCUT2D eigenvalue weighted by atomic mass is 10.1. The van der Waals surface area contributed by atoms with Crippen LogP contribution in [0.3, 0.4) is 0 Å². The predicted molar refractivity (Wildman–Crippen MR) is 130 cm³/mol. The number of carbonyl (C=O) groups is 2. The molecule has 188 valence electrons. The minimum atomic E-state index is -4.90. The van der Waals surface area contributed by atoms with Crippen molar-refractivity contribution < 1.29 is 27.2 Å². The monoisotopic (exact) mass is 508 g/mol. The third kappa shape index (κ3) is 4.69. The SMILES string of the molecule is Cn1cc2c(n1)-c1ccccc1N(C(=O)c1ccc(NC(=O)c3ccc(F)cc3C(F)(F)F)cc1)CC2. The van der Waals surface area contributed by atoms with Gasteiger partial charge in [0.1, 0.15) is 5.82 Å². The molecule has 1 N–H and O–H groups in total. The molecule has 0 atom stereocenters. The molecule has 0 aliphatic carbocycles. The third-order valence-electron chi connectivity index (χ3n) is 6.13. The summed E-state index contributed by atoms with van der Waals surface area (Å²) in [5.41, 5.74) is 1.87. The van der Waals surface area contributed by atoms with E-state index in [0.29, 0.717) is 18.5 Å². The number of fused-ring (bicyclic) bond motifs is 3. The summed E-state index contributed by atoms with van der Waals surface area (Å²) in [6, 6.07) is 15.2. The van der Waals surface area contributed by atoms with Crippen LogP contribution in [0.5, 0.6) is 0 Å². The van der Waals surface area contributed by atoms with Crippen LogP contribution in [0, 0.1) is 5.82 Å². The first-order valence-corrected chi connectivity index (χ1v) is 11.3. The van der Waals surface area contributed by atoms with Crippen LogP contribution in [0.15, 0.2) is 72.9 Å². The number of hydrogen-bond donors (Lipinski definition) is 1. The normalized spacial score (nSPS) is 12.9. The molecule has 0 bridgehead atoms. The molecule has 1 aliphatic rings. The van der Waals surface area contributed by atoms with Gasteiger partial charge in [0.15, 0.2) is 0 Å². The Kier molecular flexibility index (Phi) is 6.02. The molecule has 2 heterocycles. The number of alkyl halides is 3. The molecular formula is C27H20F4N4O2. The van der Waals surface area contributed by atoms with Gasteiger partial charge in [0.2, 0.25) is 0 Å². The Morgan fingerprint density at radius 3 is 2.46 bits per heavy atom. The van der Waals surface area contributed by atoms with E-state index >= 15 is 0 Å². The van der Waals surface area contributed by atoms with Crippen molar-refractivity contribution >= 4 is 23.2 Å². The van der Waals surface area contributed by atoms with Crippen LogP contribution in [0.1, 0.15) is 31.8 Å². The molecule has 1 aromatic heterocycles. The fraction of sp³-hybridized carbons (Fsp3) is 0.148. The van der Waals surface area contributed by atoms with Gasteiger partial charge in [-0.05, 0) is 60.5 Å². The average molecular weight is 508 g/mol. The molecule has 6 nitrogen and oxygen atoms in total. The Morgan fingerprint density at radius 1 is 1.00 bits per heavy atom. The first-order valence-electron chi connectivity index (χ1n) is 11.3. The zero-order chi connectivity index (χ0) is 26.3. The number of para-hydroxylation sites is 1. The molecule has 5 rings (SSSR count). The van der Waals surface area contributed by atoms with E-state index in [1.54, 1.807) is 9.58 Å². The quantitative estimate of drug-likeness (QED) is 0.361. The van der Waals surface area contributed by atoms with Crippen molar-refractivity contribution in [3.8, 4) is 11.3 Å². The van der Waals surface area contributed by atoms with Crippen molar-refractivity contribution in [2.75, 3.05) is 16.8 Å². The molecule has 2 amide bonds. The second-order valence-corrected chi connectivity index (χ2v) is 8.62. The van der Waals surface area contributed by atoms with Crippen molar-refractivity contribution in [2.24, 2.45) is 7.05 Å². The molecule has 0 saturated carbocycles. The summed E-state index contributed by atoms with van der Waals surface area (Å²) in [6.07, 6.45) is -2.36. The standard InChI is InChI=1S/C27H20F4N4O2/c1-34-15-17-12-13-35(23-5-3-2-4-21(23)24(17)33-34)26(37)16-6-9-19(10-7-16)32-25(36)20-11-8-18(28)14-22(20)27(29,30)31/h2-11,14-15H,12-13H2,1H3,(H,32,36). The van der Waals surface area contributed by atoms with Crippen LogP contribution < -0.4 is 10.2 Å². The number of hydrogen-bond acceptors (Lipinski definition) is 3. The molecule has 3 aromatic carbocycles. The fourth-order valence-electron chi connectivity index (χ4n) is 4.42. The Hall–Kier alpha value is -4.47. The van der Waals surface area contributed by atoms with Gasteiger partial charge in [-0.25, -0.2) is 4.39 Å². The van der Waals surface area contributed by atoms with E-state index in [0.717, 1.165) is 34.6 Å². The van der Waals surface area contributed by atoms with Crippen molar-refractivity contribution in [2.45, 2.75) is 12.6 Å². The van der Waals surface area contributed by atoms with Gasteiger partial charge in [-0.2, -0.15) is 18.3 Å². The number of nitrogens with one attached hydrogen (secondary N) is 1. The summed E-state index contributed by atoms with van der Waals surface area (Å²) >= 11 is 0. The van der Waals surface area contributed by atoms with E-state index in [9.17, 15) is 27.2 Å². The molecule has 0 fully saturated rings. The first kappa shape index (κ1) is 24.2. The highest BCUT2D eigenvalue weighted by Crippen LogP contribution is 2.36. The smallest absolute Gasteiger partial charge is 0.322 e. The topological polar surface area (TPSA) is 67.2 Å². The summed E-state index contributed by atoms with van der Waals surface area (Å²) in [5.74, 6) is -2.41. The number of aromatic nitrogens is 2. The minimum absolute atomic E-state index is 0.187. The maximum Gasteiger partial charge on any atom is 0.417 e.